The number of ether oxygens (including phenoxy) is 1. The fourth-order valence-corrected chi connectivity index (χ4v) is 5.44. The first-order chi connectivity index (χ1) is 13.8. The fraction of sp³-hybridized carbons (Fsp3) is 0.409. The van der Waals surface area contributed by atoms with Gasteiger partial charge in [-0.2, -0.15) is 4.31 Å². The van der Waals surface area contributed by atoms with E-state index >= 15 is 0 Å². The minimum Gasteiger partial charge on any atom is -0.494 e. The molecule has 2 aromatic rings. The monoisotopic (exact) mass is 416 g/mol. The highest BCUT2D eigenvalue weighted by Gasteiger charge is 2.31. The van der Waals surface area contributed by atoms with Gasteiger partial charge in [0.05, 0.1) is 11.5 Å². The quantitative estimate of drug-likeness (QED) is 0.772. The van der Waals surface area contributed by atoms with Crippen molar-refractivity contribution in [2.45, 2.75) is 32.1 Å². The largest absolute Gasteiger partial charge is 0.494 e. The molecule has 2 atom stereocenters. The van der Waals surface area contributed by atoms with E-state index in [9.17, 15) is 13.2 Å². The molecule has 0 saturated carbocycles. The van der Waals surface area contributed by atoms with E-state index in [1.807, 2.05) is 13.0 Å². The number of carbonyl (C=O) groups is 1. The third kappa shape index (κ3) is 5.16. The van der Waals surface area contributed by atoms with Gasteiger partial charge in [0.25, 0.3) is 5.91 Å². The maximum absolute atomic E-state index is 13.0. The number of piperidine rings is 1. The number of hydrogen-bond acceptors (Lipinski definition) is 4. The van der Waals surface area contributed by atoms with Gasteiger partial charge in [-0.1, -0.05) is 19.9 Å². The second-order valence-corrected chi connectivity index (χ2v) is 9.65. The molecule has 29 heavy (non-hydrogen) atoms. The lowest BCUT2D eigenvalue weighted by atomic mass is 9.94. The standard InChI is InChI=1S/C22H28N2O4S/c1-4-28-20-7-5-6-19(13-20)23-22(25)18-8-10-21(11-9-18)29(26,27)24-14-16(2)12-17(3)15-24/h5-11,13,16-17H,4,12,14-15H2,1-3H3,(H,23,25)/t16-,17-/m0/s1. The van der Waals surface area contributed by atoms with E-state index in [1.54, 1.807) is 34.6 Å². The Balaban J connectivity index is 1.72. The summed E-state index contributed by atoms with van der Waals surface area (Å²) < 4.78 is 32.9. The van der Waals surface area contributed by atoms with Crippen molar-refractivity contribution >= 4 is 21.6 Å². The Hall–Kier alpha value is -2.38. The van der Waals surface area contributed by atoms with Crippen LogP contribution in [0.2, 0.25) is 0 Å². The maximum Gasteiger partial charge on any atom is 0.255 e. The molecule has 2 aromatic carbocycles. The zero-order chi connectivity index (χ0) is 21.0. The van der Waals surface area contributed by atoms with Gasteiger partial charge in [-0.3, -0.25) is 4.79 Å². The van der Waals surface area contributed by atoms with Crippen molar-refractivity contribution in [1.29, 1.82) is 0 Å². The molecule has 0 aliphatic carbocycles. The van der Waals surface area contributed by atoms with E-state index in [0.717, 1.165) is 6.42 Å². The molecule has 7 heteroatoms. The first-order valence-electron chi connectivity index (χ1n) is 9.94. The molecule has 1 N–H and O–H groups in total. The first kappa shape index (κ1) is 21.3. The molecule has 156 valence electrons. The first-order valence-corrected chi connectivity index (χ1v) is 11.4. The SMILES string of the molecule is CCOc1cccc(NC(=O)c2ccc(S(=O)(=O)N3C[C@@H](C)C[C@H](C)C3)cc2)c1. The van der Waals surface area contributed by atoms with Crippen molar-refractivity contribution in [2.75, 3.05) is 25.0 Å². The van der Waals surface area contributed by atoms with Crippen LogP contribution >= 0.6 is 0 Å². The van der Waals surface area contributed by atoms with Crippen LogP contribution in [0.1, 0.15) is 37.6 Å². The van der Waals surface area contributed by atoms with Crippen LogP contribution in [0.15, 0.2) is 53.4 Å². The van der Waals surface area contributed by atoms with E-state index in [-0.39, 0.29) is 10.8 Å². The van der Waals surface area contributed by atoms with Crippen LogP contribution in [0.5, 0.6) is 5.75 Å². The molecule has 6 nitrogen and oxygen atoms in total. The molecular formula is C22H28N2O4S. The van der Waals surface area contributed by atoms with Crippen LogP contribution < -0.4 is 10.1 Å². The Morgan fingerprint density at radius 1 is 1.10 bits per heavy atom. The highest BCUT2D eigenvalue weighted by molar-refractivity contribution is 7.89. The number of sulfonamides is 1. The minimum absolute atomic E-state index is 0.216. The van der Waals surface area contributed by atoms with Crippen molar-refractivity contribution in [3.63, 3.8) is 0 Å². The number of nitrogens with one attached hydrogen (secondary N) is 1. The van der Waals surface area contributed by atoms with Gasteiger partial charge in [0.1, 0.15) is 5.75 Å². The highest BCUT2D eigenvalue weighted by Crippen LogP contribution is 2.27. The zero-order valence-corrected chi connectivity index (χ0v) is 17.9. The molecule has 1 saturated heterocycles. The molecule has 1 heterocycles. The number of nitrogens with zero attached hydrogens (tertiary/aromatic N) is 1. The summed E-state index contributed by atoms with van der Waals surface area (Å²) in [5.41, 5.74) is 1.01. The lowest BCUT2D eigenvalue weighted by molar-refractivity contribution is 0.102. The molecule has 0 spiro atoms. The van der Waals surface area contributed by atoms with Crippen LogP contribution in [-0.4, -0.2) is 38.3 Å². The molecule has 0 unspecified atom stereocenters. The second kappa shape index (κ2) is 8.97. The lowest BCUT2D eigenvalue weighted by Gasteiger charge is -2.34. The van der Waals surface area contributed by atoms with Gasteiger partial charge < -0.3 is 10.1 Å². The van der Waals surface area contributed by atoms with E-state index in [1.165, 1.54) is 12.1 Å². The van der Waals surface area contributed by atoms with Crippen LogP contribution in [-0.2, 0) is 10.0 Å². The Bertz CT molecular complexity index is 947. The molecule has 1 fully saturated rings. The number of amides is 1. The van der Waals surface area contributed by atoms with Gasteiger partial charge in [0, 0.05) is 30.4 Å². The average Bonchev–Trinajstić information content (AvgIpc) is 2.68. The molecule has 3 rings (SSSR count). The predicted molar refractivity (Wildman–Crippen MR) is 114 cm³/mol. The maximum atomic E-state index is 13.0. The van der Waals surface area contributed by atoms with Crippen molar-refractivity contribution in [3.8, 4) is 5.75 Å². The van der Waals surface area contributed by atoms with Crippen LogP contribution in [0.4, 0.5) is 5.69 Å². The van der Waals surface area contributed by atoms with Gasteiger partial charge in [-0.05, 0) is 61.6 Å². The zero-order valence-electron chi connectivity index (χ0n) is 17.1. The number of carbonyl (C=O) groups excluding carboxylic acids is 1. The number of hydrogen-bond donors (Lipinski definition) is 1. The second-order valence-electron chi connectivity index (χ2n) is 7.71. The minimum atomic E-state index is -3.56. The molecular weight excluding hydrogens is 388 g/mol. The Morgan fingerprint density at radius 2 is 1.76 bits per heavy atom. The number of anilines is 1. The topological polar surface area (TPSA) is 75.7 Å². The molecule has 0 bridgehead atoms. The van der Waals surface area contributed by atoms with E-state index in [4.69, 9.17) is 4.74 Å². The van der Waals surface area contributed by atoms with Gasteiger partial charge in [0.2, 0.25) is 10.0 Å². The van der Waals surface area contributed by atoms with Crippen molar-refractivity contribution in [3.05, 3.63) is 54.1 Å². The summed E-state index contributed by atoms with van der Waals surface area (Å²) >= 11 is 0. The number of rotatable bonds is 6. The summed E-state index contributed by atoms with van der Waals surface area (Å²) in [6.07, 6.45) is 1.04. The Morgan fingerprint density at radius 3 is 2.38 bits per heavy atom. The van der Waals surface area contributed by atoms with Gasteiger partial charge in [-0.25, -0.2) is 8.42 Å². The number of benzene rings is 2. The van der Waals surface area contributed by atoms with E-state index in [0.29, 0.717) is 48.5 Å². The third-order valence-electron chi connectivity index (χ3n) is 4.99. The Labute approximate surface area is 172 Å². The van der Waals surface area contributed by atoms with Crippen molar-refractivity contribution in [1.82, 2.24) is 4.31 Å². The Kier molecular flexibility index (Phi) is 6.59. The molecule has 0 aromatic heterocycles. The summed E-state index contributed by atoms with van der Waals surface area (Å²) in [7, 11) is -3.56. The molecule has 0 radical (unpaired) electrons. The van der Waals surface area contributed by atoms with Gasteiger partial charge in [-0.15, -0.1) is 0 Å². The molecule has 1 aliphatic rings. The summed E-state index contributed by atoms with van der Waals surface area (Å²) in [4.78, 5) is 12.7. The van der Waals surface area contributed by atoms with Crippen LogP contribution in [0.25, 0.3) is 0 Å². The third-order valence-corrected chi connectivity index (χ3v) is 6.84. The predicted octanol–water partition coefficient (Wildman–Crippen LogP) is 4.00. The normalized spacial score (nSPS) is 20.2. The lowest BCUT2D eigenvalue weighted by Crippen LogP contribution is -2.42. The molecule has 1 amide bonds. The van der Waals surface area contributed by atoms with E-state index in [2.05, 4.69) is 19.2 Å². The van der Waals surface area contributed by atoms with Gasteiger partial charge >= 0.3 is 0 Å². The summed E-state index contributed by atoms with van der Waals surface area (Å²) in [6, 6.07) is 13.3. The highest BCUT2D eigenvalue weighted by atomic mass is 32.2. The average molecular weight is 417 g/mol. The van der Waals surface area contributed by atoms with Crippen LogP contribution in [0, 0.1) is 11.8 Å². The summed E-state index contributed by atoms with van der Waals surface area (Å²) in [5, 5.41) is 2.81. The van der Waals surface area contributed by atoms with Crippen molar-refractivity contribution < 1.29 is 17.9 Å². The molecule has 1 aliphatic heterocycles. The van der Waals surface area contributed by atoms with Crippen LogP contribution in [0.3, 0.4) is 0 Å². The van der Waals surface area contributed by atoms with E-state index < -0.39 is 10.0 Å². The van der Waals surface area contributed by atoms with Gasteiger partial charge in [0.15, 0.2) is 0 Å². The smallest absolute Gasteiger partial charge is 0.255 e. The van der Waals surface area contributed by atoms with Crippen molar-refractivity contribution in [2.24, 2.45) is 11.8 Å². The summed E-state index contributed by atoms with van der Waals surface area (Å²) in [5.74, 6) is 1.05. The summed E-state index contributed by atoms with van der Waals surface area (Å²) in [6.45, 7) is 7.66. The fourth-order valence-electron chi connectivity index (χ4n) is 3.76.